The maximum absolute atomic E-state index is 13.4. The van der Waals surface area contributed by atoms with Gasteiger partial charge in [-0.2, -0.15) is 5.10 Å². The Hall–Kier alpha value is -4.54. The Labute approximate surface area is 209 Å². The number of ether oxygens (including phenoxy) is 3. The van der Waals surface area contributed by atoms with Crippen LogP contribution in [0.5, 0.6) is 17.2 Å². The highest BCUT2D eigenvalue weighted by Crippen LogP contribution is 2.42. The van der Waals surface area contributed by atoms with Crippen molar-refractivity contribution in [3.8, 4) is 17.2 Å². The van der Waals surface area contributed by atoms with E-state index >= 15 is 0 Å². The van der Waals surface area contributed by atoms with Crippen molar-refractivity contribution in [3.05, 3.63) is 82.5 Å². The monoisotopic (exact) mass is 508 g/mol. The highest BCUT2D eigenvalue weighted by atomic mass is 19.3. The van der Waals surface area contributed by atoms with Gasteiger partial charge in [-0.15, -0.1) is 8.78 Å². The molecular weight excluding hydrogens is 486 g/mol. The first kappa shape index (κ1) is 24.2. The second-order valence-corrected chi connectivity index (χ2v) is 8.27. The number of alkyl halides is 2. The Balaban J connectivity index is 1.51. The molecule has 3 heterocycles. The zero-order chi connectivity index (χ0) is 26.2. The van der Waals surface area contributed by atoms with Crippen LogP contribution in [0.2, 0.25) is 0 Å². The van der Waals surface area contributed by atoms with Gasteiger partial charge in [-0.25, -0.2) is 4.68 Å². The third-order valence-corrected chi connectivity index (χ3v) is 5.93. The van der Waals surface area contributed by atoms with E-state index < -0.39 is 17.8 Å². The number of pyridine rings is 1. The molecule has 190 valence electrons. The molecule has 0 unspecified atom stereocenters. The van der Waals surface area contributed by atoms with E-state index in [2.05, 4.69) is 19.6 Å². The molecule has 0 saturated heterocycles. The first-order valence-electron chi connectivity index (χ1n) is 11.5. The van der Waals surface area contributed by atoms with E-state index in [1.54, 1.807) is 43.6 Å². The number of anilines is 1. The maximum atomic E-state index is 13.4. The van der Waals surface area contributed by atoms with E-state index in [1.165, 1.54) is 30.2 Å². The van der Waals surface area contributed by atoms with E-state index in [1.807, 2.05) is 6.07 Å². The van der Waals surface area contributed by atoms with Crippen molar-refractivity contribution in [3.63, 3.8) is 0 Å². The van der Waals surface area contributed by atoms with Crippen molar-refractivity contribution in [2.75, 3.05) is 18.6 Å². The standard InChI is InChI=1S/C26H22F2N4O5/c1-3-31(17-9-10-20-22(13-17)37-26(27,28)36-20)23(33)15-32-25(34)18-7-4-8-21(35-2)24(18)19(30-32)12-16-6-5-11-29-14-16/h4-11,13-14H,3,12,15H2,1-2H3. The Morgan fingerprint density at radius 2 is 1.95 bits per heavy atom. The van der Waals surface area contributed by atoms with Gasteiger partial charge in [-0.3, -0.25) is 14.6 Å². The number of likely N-dealkylation sites (N-methyl/N-ethyl adjacent to an activating group) is 1. The van der Waals surface area contributed by atoms with Crippen LogP contribution in [0.15, 0.2) is 65.7 Å². The van der Waals surface area contributed by atoms with E-state index in [0.29, 0.717) is 34.3 Å². The van der Waals surface area contributed by atoms with Crippen LogP contribution in [0.25, 0.3) is 10.8 Å². The second-order valence-electron chi connectivity index (χ2n) is 8.27. The molecule has 4 aromatic rings. The predicted molar refractivity (Wildman–Crippen MR) is 130 cm³/mol. The smallest absolute Gasteiger partial charge is 0.496 e. The zero-order valence-corrected chi connectivity index (χ0v) is 20.0. The molecule has 0 spiro atoms. The molecule has 2 aromatic carbocycles. The average molecular weight is 508 g/mol. The van der Waals surface area contributed by atoms with Gasteiger partial charge in [0.1, 0.15) is 12.3 Å². The number of rotatable bonds is 7. The van der Waals surface area contributed by atoms with Crippen molar-refractivity contribution in [2.45, 2.75) is 26.2 Å². The minimum Gasteiger partial charge on any atom is -0.496 e. The molecular formula is C26H22F2N4O5. The van der Waals surface area contributed by atoms with Crippen LogP contribution in [0.3, 0.4) is 0 Å². The molecule has 0 fully saturated rings. The highest BCUT2D eigenvalue weighted by Gasteiger charge is 2.43. The fourth-order valence-corrected chi connectivity index (χ4v) is 4.31. The zero-order valence-electron chi connectivity index (χ0n) is 20.0. The van der Waals surface area contributed by atoms with Gasteiger partial charge in [0.15, 0.2) is 11.5 Å². The Morgan fingerprint density at radius 3 is 2.68 bits per heavy atom. The summed E-state index contributed by atoms with van der Waals surface area (Å²) in [5.74, 6) is -0.275. The molecule has 11 heteroatoms. The summed E-state index contributed by atoms with van der Waals surface area (Å²) >= 11 is 0. The van der Waals surface area contributed by atoms with Crippen LogP contribution >= 0.6 is 0 Å². The van der Waals surface area contributed by atoms with E-state index in [0.717, 1.165) is 10.2 Å². The molecule has 2 aromatic heterocycles. The summed E-state index contributed by atoms with van der Waals surface area (Å²) in [6.45, 7) is 1.57. The number of hydrogen-bond donors (Lipinski definition) is 0. The van der Waals surface area contributed by atoms with E-state index in [9.17, 15) is 18.4 Å². The highest BCUT2D eigenvalue weighted by molar-refractivity contribution is 5.94. The molecule has 37 heavy (non-hydrogen) atoms. The van der Waals surface area contributed by atoms with Gasteiger partial charge in [0.2, 0.25) is 5.91 Å². The van der Waals surface area contributed by atoms with Crippen molar-refractivity contribution >= 4 is 22.4 Å². The minimum atomic E-state index is -3.77. The summed E-state index contributed by atoms with van der Waals surface area (Å²) in [7, 11) is 1.51. The average Bonchev–Trinajstić information content (AvgIpc) is 3.20. The number of carbonyl (C=O) groups excluding carboxylic acids is 1. The molecule has 0 aliphatic carbocycles. The van der Waals surface area contributed by atoms with Crippen LogP contribution < -0.4 is 24.7 Å². The van der Waals surface area contributed by atoms with E-state index in [-0.39, 0.29) is 24.6 Å². The summed E-state index contributed by atoms with van der Waals surface area (Å²) in [4.78, 5) is 32.2. The Bertz CT molecular complexity index is 1540. The number of fused-ring (bicyclic) bond motifs is 2. The number of halogens is 2. The van der Waals surface area contributed by atoms with Crippen LogP contribution in [0.1, 0.15) is 18.2 Å². The van der Waals surface area contributed by atoms with Crippen molar-refractivity contribution in [1.29, 1.82) is 0 Å². The predicted octanol–water partition coefficient (Wildman–Crippen LogP) is 3.77. The van der Waals surface area contributed by atoms with Gasteiger partial charge in [0.05, 0.1) is 23.6 Å². The van der Waals surface area contributed by atoms with Gasteiger partial charge in [-0.1, -0.05) is 12.1 Å². The summed E-state index contributed by atoms with van der Waals surface area (Å²) < 4.78 is 42.4. The number of benzene rings is 2. The van der Waals surface area contributed by atoms with Crippen molar-refractivity contribution in [2.24, 2.45) is 0 Å². The molecule has 0 radical (unpaired) electrons. The molecule has 0 N–H and O–H groups in total. The minimum absolute atomic E-state index is 0.126. The Kier molecular flexibility index (Phi) is 6.20. The summed E-state index contributed by atoms with van der Waals surface area (Å²) in [6, 6.07) is 12.9. The number of carbonyl (C=O) groups is 1. The molecule has 1 amide bonds. The second kappa shape index (κ2) is 9.49. The largest absolute Gasteiger partial charge is 0.586 e. The lowest BCUT2D eigenvalue weighted by Gasteiger charge is -2.22. The molecule has 0 saturated carbocycles. The summed E-state index contributed by atoms with van der Waals surface area (Å²) in [6.07, 6.45) is -0.0551. The van der Waals surface area contributed by atoms with Crippen LogP contribution in [-0.4, -0.2) is 40.6 Å². The van der Waals surface area contributed by atoms with Crippen LogP contribution in [0, 0.1) is 0 Å². The number of amides is 1. The lowest BCUT2D eigenvalue weighted by molar-refractivity contribution is -0.286. The topological polar surface area (TPSA) is 95.8 Å². The maximum Gasteiger partial charge on any atom is 0.586 e. The lowest BCUT2D eigenvalue weighted by atomic mass is 10.0. The summed E-state index contributed by atoms with van der Waals surface area (Å²) in [5.41, 5.74) is 1.27. The number of aromatic nitrogens is 3. The normalized spacial score (nSPS) is 13.5. The molecule has 1 aliphatic rings. The third-order valence-electron chi connectivity index (χ3n) is 5.93. The lowest BCUT2D eigenvalue weighted by Crippen LogP contribution is -2.37. The molecule has 5 rings (SSSR count). The quantitative estimate of drug-likeness (QED) is 0.375. The van der Waals surface area contributed by atoms with Gasteiger partial charge in [0.25, 0.3) is 5.56 Å². The van der Waals surface area contributed by atoms with E-state index in [4.69, 9.17) is 4.74 Å². The molecule has 0 atom stereocenters. The Morgan fingerprint density at radius 1 is 1.14 bits per heavy atom. The van der Waals surface area contributed by atoms with Crippen LogP contribution in [0.4, 0.5) is 14.5 Å². The van der Waals surface area contributed by atoms with Gasteiger partial charge in [-0.05, 0) is 42.8 Å². The number of nitrogens with zero attached hydrogens (tertiary/aromatic N) is 4. The SMILES string of the molecule is CCN(C(=O)Cn1nc(Cc2cccnc2)c2c(OC)cccc2c1=O)c1ccc2c(c1)OC(F)(F)O2. The van der Waals surface area contributed by atoms with Gasteiger partial charge >= 0.3 is 6.29 Å². The third kappa shape index (κ3) is 4.67. The fraction of sp³-hybridized carbons (Fsp3) is 0.231. The van der Waals surface area contributed by atoms with Gasteiger partial charge < -0.3 is 19.1 Å². The van der Waals surface area contributed by atoms with Gasteiger partial charge in [0, 0.05) is 37.1 Å². The summed E-state index contributed by atoms with van der Waals surface area (Å²) in [5, 5.41) is 5.45. The molecule has 1 aliphatic heterocycles. The van der Waals surface area contributed by atoms with Crippen molar-refractivity contribution < 1.29 is 27.8 Å². The molecule has 0 bridgehead atoms. The molecule has 9 nitrogen and oxygen atoms in total. The first-order valence-corrected chi connectivity index (χ1v) is 11.5. The fourth-order valence-electron chi connectivity index (χ4n) is 4.31. The number of hydrogen-bond acceptors (Lipinski definition) is 7. The number of methoxy groups -OCH3 is 1. The first-order chi connectivity index (χ1) is 17.8. The van der Waals surface area contributed by atoms with Crippen LogP contribution in [-0.2, 0) is 17.8 Å². The van der Waals surface area contributed by atoms with Crippen molar-refractivity contribution in [1.82, 2.24) is 14.8 Å².